The zero-order valence-corrected chi connectivity index (χ0v) is 23.2. The van der Waals surface area contributed by atoms with Gasteiger partial charge in [0.2, 0.25) is 0 Å². The number of carbonyl (C=O) groups is 4. The number of ether oxygens (including phenoxy) is 4. The molecule has 0 aliphatic carbocycles. The van der Waals surface area contributed by atoms with Crippen LogP contribution in [0.15, 0.2) is 18.2 Å². The molecule has 208 valence electrons. The maximum atomic E-state index is 12.6. The number of esters is 2. The van der Waals surface area contributed by atoms with Gasteiger partial charge in [-0.1, -0.05) is 54.5 Å². The van der Waals surface area contributed by atoms with Crippen molar-refractivity contribution in [1.82, 2.24) is 5.32 Å². The molecule has 0 bridgehead atoms. The SMILES string of the molecule is CCC(C)N[C@@](Cc1ccc(OC(=O)C(C)C)c(OC(=O)C(C)C)c1)(OC(=O)OC(C)C(C)C)C(=O)O. The van der Waals surface area contributed by atoms with Crippen LogP contribution in [0.25, 0.3) is 0 Å². The molecule has 10 nitrogen and oxygen atoms in total. The Kier molecular flexibility index (Phi) is 12.0. The normalized spacial score (nSPS) is 14.6. The molecule has 0 aliphatic heterocycles. The lowest BCUT2D eigenvalue weighted by Crippen LogP contribution is -2.59. The van der Waals surface area contributed by atoms with Crippen LogP contribution >= 0.6 is 0 Å². The second kappa shape index (κ2) is 14.0. The first-order chi connectivity index (χ1) is 17.1. The van der Waals surface area contributed by atoms with E-state index in [1.807, 2.05) is 20.8 Å². The third kappa shape index (κ3) is 9.68. The fourth-order valence-electron chi connectivity index (χ4n) is 2.82. The Labute approximate surface area is 219 Å². The highest BCUT2D eigenvalue weighted by Gasteiger charge is 2.45. The van der Waals surface area contributed by atoms with Crippen molar-refractivity contribution in [2.45, 2.75) is 93.0 Å². The molecule has 0 heterocycles. The monoisotopic (exact) mass is 523 g/mol. The summed E-state index contributed by atoms with van der Waals surface area (Å²) in [6.07, 6.45) is -1.41. The fraction of sp³-hybridized carbons (Fsp3) is 0.630. The molecular formula is C27H41NO9. The van der Waals surface area contributed by atoms with E-state index < -0.39 is 47.7 Å². The number of carboxylic acids is 1. The van der Waals surface area contributed by atoms with Gasteiger partial charge in [-0.25, -0.2) is 9.59 Å². The molecule has 0 amide bonds. The zero-order chi connectivity index (χ0) is 28.5. The number of rotatable bonds is 13. The van der Waals surface area contributed by atoms with Gasteiger partial charge >= 0.3 is 24.1 Å². The maximum Gasteiger partial charge on any atom is 0.510 e. The summed E-state index contributed by atoms with van der Waals surface area (Å²) in [7, 11) is 0. The van der Waals surface area contributed by atoms with Crippen molar-refractivity contribution in [3.05, 3.63) is 23.8 Å². The topological polar surface area (TPSA) is 137 Å². The first-order valence-corrected chi connectivity index (χ1v) is 12.6. The van der Waals surface area contributed by atoms with E-state index in [0.717, 1.165) is 0 Å². The van der Waals surface area contributed by atoms with Crippen LogP contribution in [0.1, 0.15) is 74.3 Å². The molecule has 0 fully saturated rings. The molecule has 2 N–H and O–H groups in total. The van der Waals surface area contributed by atoms with Crippen molar-refractivity contribution < 1.29 is 43.2 Å². The second-order valence-electron chi connectivity index (χ2n) is 10.1. The van der Waals surface area contributed by atoms with Crippen LogP contribution in [-0.2, 0) is 30.3 Å². The highest BCUT2D eigenvalue weighted by molar-refractivity contribution is 5.81. The quantitative estimate of drug-likeness (QED) is 0.212. The minimum Gasteiger partial charge on any atom is -0.477 e. The molecule has 0 radical (unpaired) electrons. The van der Waals surface area contributed by atoms with E-state index in [4.69, 9.17) is 18.9 Å². The third-order valence-electron chi connectivity index (χ3n) is 5.74. The molecule has 0 spiro atoms. The molecule has 2 unspecified atom stereocenters. The number of nitrogens with one attached hydrogen (secondary N) is 1. The summed E-state index contributed by atoms with van der Waals surface area (Å²) in [6, 6.07) is 3.98. The van der Waals surface area contributed by atoms with Gasteiger partial charge < -0.3 is 24.1 Å². The van der Waals surface area contributed by atoms with Gasteiger partial charge in [-0.3, -0.25) is 14.9 Å². The summed E-state index contributed by atoms with van der Waals surface area (Å²) in [6.45, 7) is 15.6. The van der Waals surface area contributed by atoms with E-state index in [2.05, 4.69) is 5.32 Å². The zero-order valence-electron chi connectivity index (χ0n) is 23.2. The number of carbonyl (C=O) groups excluding carboxylic acids is 3. The van der Waals surface area contributed by atoms with Crippen LogP contribution in [0.5, 0.6) is 11.5 Å². The van der Waals surface area contributed by atoms with E-state index in [0.29, 0.717) is 12.0 Å². The molecule has 1 rings (SSSR count). The Morgan fingerprint density at radius 1 is 0.892 bits per heavy atom. The average molecular weight is 524 g/mol. The van der Waals surface area contributed by atoms with Crippen LogP contribution in [0, 0.1) is 17.8 Å². The van der Waals surface area contributed by atoms with Gasteiger partial charge in [-0.05, 0) is 43.9 Å². The molecule has 0 saturated carbocycles. The predicted molar refractivity (Wildman–Crippen MR) is 136 cm³/mol. The Balaban J connectivity index is 3.48. The highest BCUT2D eigenvalue weighted by Crippen LogP contribution is 2.32. The molecule has 0 saturated heterocycles. The van der Waals surface area contributed by atoms with Crippen molar-refractivity contribution in [3.63, 3.8) is 0 Å². The summed E-state index contributed by atoms with van der Waals surface area (Å²) in [5.41, 5.74) is -1.84. The summed E-state index contributed by atoms with van der Waals surface area (Å²) in [4.78, 5) is 49.6. The van der Waals surface area contributed by atoms with Crippen molar-refractivity contribution in [2.24, 2.45) is 17.8 Å². The van der Waals surface area contributed by atoms with E-state index in [9.17, 15) is 24.3 Å². The minimum atomic E-state index is -2.18. The van der Waals surface area contributed by atoms with Crippen LogP contribution in [0.4, 0.5) is 4.79 Å². The Morgan fingerprint density at radius 3 is 1.89 bits per heavy atom. The standard InChI is InChI=1S/C27H41NO9/c1-10-18(8)28-27(25(31)32,37-26(33)34-19(9)15(2)3)14-20-11-12-21(35-23(29)16(4)5)22(13-20)36-24(30)17(6)7/h11-13,15-19,28H,10,14H2,1-9H3,(H,31,32)/t18?,19?,27-/m0/s1. The molecule has 1 aromatic rings. The van der Waals surface area contributed by atoms with Crippen molar-refractivity contribution >= 4 is 24.1 Å². The van der Waals surface area contributed by atoms with Crippen molar-refractivity contribution in [1.29, 1.82) is 0 Å². The molecule has 1 aromatic carbocycles. The summed E-state index contributed by atoms with van der Waals surface area (Å²) >= 11 is 0. The number of hydrogen-bond acceptors (Lipinski definition) is 9. The average Bonchev–Trinajstić information content (AvgIpc) is 2.79. The van der Waals surface area contributed by atoms with Crippen molar-refractivity contribution in [3.8, 4) is 11.5 Å². The third-order valence-corrected chi connectivity index (χ3v) is 5.74. The molecule has 0 aliphatic rings. The molecule has 10 heteroatoms. The number of benzene rings is 1. The highest BCUT2D eigenvalue weighted by atomic mass is 16.7. The minimum absolute atomic E-state index is 0.00593. The largest absolute Gasteiger partial charge is 0.510 e. The van der Waals surface area contributed by atoms with Gasteiger partial charge in [0.1, 0.15) is 6.10 Å². The van der Waals surface area contributed by atoms with Crippen molar-refractivity contribution in [2.75, 3.05) is 0 Å². The van der Waals surface area contributed by atoms with Crippen LogP contribution in [-0.4, -0.2) is 47.0 Å². The molecule has 0 aromatic heterocycles. The smallest absolute Gasteiger partial charge is 0.477 e. The Bertz CT molecular complexity index is 957. The Hall–Kier alpha value is -3.14. The van der Waals surface area contributed by atoms with Gasteiger partial charge in [0.15, 0.2) is 11.5 Å². The van der Waals surface area contributed by atoms with E-state index in [1.165, 1.54) is 18.2 Å². The summed E-state index contributed by atoms with van der Waals surface area (Å²) < 4.78 is 21.5. The first kappa shape index (κ1) is 31.9. The number of carboxylic acid groups (broad SMARTS) is 1. The van der Waals surface area contributed by atoms with Gasteiger partial charge in [-0.15, -0.1) is 0 Å². The fourth-order valence-corrected chi connectivity index (χ4v) is 2.82. The molecular weight excluding hydrogens is 482 g/mol. The lowest BCUT2D eigenvalue weighted by atomic mass is 10.00. The second-order valence-corrected chi connectivity index (χ2v) is 10.1. The number of aliphatic carboxylic acids is 1. The van der Waals surface area contributed by atoms with E-state index >= 15 is 0 Å². The number of hydrogen-bond donors (Lipinski definition) is 2. The molecule has 3 atom stereocenters. The van der Waals surface area contributed by atoms with E-state index in [-0.39, 0.29) is 29.9 Å². The maximum absolute atomic E-state index is 12.6. The lowest BCUT2D eigenvalue weighted by molar-refractivity contribution is -0.168. The van der Waals surface area contributed by atoms with Gasteiger partial charge in [0.25, 0.3) is 5.72 Å². The van der Waals surface area contributed by atoms with Crippen LogP contribution in [0.2, 0.25) is 0 Å². The Morgan fingerprint density at radius 2 is 1.43 bits per heavy atom. The van der Waals surface area contributed by atoms with Crippen LogP contribution < -0.4 is 14.8 Å². The first-order valence-electron chi connectivity index (χ1n) is 12.6. The molecule has 37 heavy (non-hydrogen) atoms. The summed E-state index contributed by atoms with van der Waals surface area (Å²) in [5, 5.41) is 13.1. The summed E-state index contributed by atoms with van der Waals surface area (Å²) in [5.74, 6) is -3.47. The van der Waals surface area contributed by atoms with Gasteiger partial charge in [-0.2, -0.15) is 0 Å². The van der Waals surface area contributed by atoms with Gasteiger partial charge in [0.05, 0.1) is 11.8 Å². The predicted octanol–water partition coefficient (Wildman–Crippen LogP) is 4.72. The lowest BCUT2D eigenvalue weighted by Gasteiger charge is -2.33. The van der Waals surface area contributed by atoms with E-state index in [1.54, 1.807) is 41.5 Å². The van der Waals surface area contributed by atoms with Gasteiger partial charge in [0, 0.05) is 12.5 Å². The van der Waals surface area contributed by atoms with Crippen LogP contribution in [0.3, 0.4) is 0 Å².